The molecule has 0 radical (unpaired) electrons. The van der Waals surface area contributed by atoms with E-state index in [2.05, 4.69) is 0 Å². The van der Waals surface area contributed by atoms with Gasteiger partial charge in [-0.1, -0.05) is 13.8 Å². The van der Waals surface area contributed by atoms with E-state index in [4.69, 9.17) is 5.73 Å². The van der Waals surface area contributed by atoms with Crippen molar-refractivity contribution in [2.75, 3.05) is 12.3 Å². The molecule has 0 heterocycles. The number of halogens is 2. The third-order valence-corrected chi connectivity index (χ3v) is 3.98. The number of rotatable bonds is 6. The standard InChI is InChI=1S/C12H18F2N2O3S/c1-7(2)3-9(17)6-16-20(18,19)11-5-8(15)4-10(13)12(11)14/h4-5,7,9,16-17H,3,6,15H2,1-2H3. The molecular formula is C12H18F2N2O3S. The molecule has 20 heavy (non-hydrogen) atoms. The normalized spacial score (nSPS) is 13.7. The molecule has 114 valence electrons. The van der Waals surface area contributed by atoms with Crippen molar-refractivity contribution in [3.05, 3.63) is 23.8 Å². The maximum Gasteiger partial charge on any atom is 0.243 e. The lowest BCUT2D eigenvalue weighted by molar-refractivity contribution is 0.152. The van der Waals surface area contributed by atoms with E-state index in [1.165, 1.54) is 0 Å². The molecule has 0 spiro atoms. The van der Waals surface area contributed by atoms with Crippen LogP contribution in [0.1, 0.15) is 20.3 Å². The van der Waals surface area contributed by atoms with Crippen molar-refractivity contribution in [2.24, 2.45) is 5.92 Å². The lowest BCUT2D eigenvalue weighted by Gasteiger charge is -2.14. The summed E-state index contributed by atoms with van der Waals surface area (Å²) >= 11 is 0. The Labute approximate surface area is 116 Å². The zero-order valence-corrected chi connectivity index (χ0v) is 12.0. The van der Waals surface area contributed by atoms with Crippen molar-refractivity contribution in [1.82, 2.24) is 4.72 Å². The average Bonchev–Trinajstić information content (AvgIpc) is 2.30. The van der Waals surface area contributed by atoms with Crippen LogP contribution < -0.4 is 10.5 Å². The summed E-state index contributed by atoms with van der Waals surface area (Å²) in [6, 6.07) is 1.53. The van der Waals surface area contributed by atoms with E-state index in [9.17, 15) is 22.3 Å². The molecule has 8 heteroatoms. The molecule has 1 unspecified atom stereocenters. The molecule has 5 nitrogen and oxygen atoms in total. The first-order valence-corrected chi connectivity index (χ1v) is 7.54. The Balaban J connectivity index is 2.90. The summed E-state index contributed by atoms with van der Waals surface area (Å²) in [7, 11) is -4.27. The lowest BCUT2D eigenvalue weighted by atomic mass is 10.1. The summed E-state index contributed by atoms with van der Waals surface area (Å²) in [6.45, 7) is 3.45. The summed E-state index contributed by atoms with van der Waals surface area (Å²) in [4.78, 5) is -0.869. The number of hydrogen-bond donors (Lipinski definition) is 3. The fraction of sp³-hybridized carbons (Fsp3) is 0.500. The summed E-state index contributed by atoms with van der Waals surface area (Å²) in [5.41, 5.74) is 5.10. The maximum absolute atomic E-state index is 13.5. The highest BCUT2D eigenvalue weighted by molar-refractivity contribution is 7.89. The minimum atomic E-state index is -4.27. The highest BCUT2D eigenvalue weighted by atomic mass is 32.2. The molecule has 1 aromatic carbocycles. The van der Waals surface area contributed by atoms with E-state index in [-0.39, 0.29) is 18.2 Å². The van der Waals surface area contributed by atoms with Crippen LogP contribution in [0, 0.1) is 17.6 Å². The van der Waals surface area contributed by atoms with Crippen LogP contribution in [0.5, 0.6) is 0 Å². The second-order valence-electron chi connectivity index (χ2n) is 4.95. The number of nitrogens with one attached hydrogen (secondary N) is 1. The molecule has 1 rings (SSSR count). The molecule has 0 aliphatic carbocycles. The van der Waals surface area contributed by atoms with Gasteiger partial charge in [-0.05, 0) is 24.5 Å². The quantitative estimate of drug-likeness (QED) is 0.689. The van der Waals surface area contributed by atoms with Gasteiger partial charge in [0.15, 0.2) is 11.6 Å². The number of aliphatic hydroxyl groups is 1. The van der Waals surface area contributed by atoms with Crippen LogP contribution in [0.2, 0.25) is 0 Å². The van der Waals surface area contributed by atoms with Gasteiger partial charge in [-0.3, -0.25) is 0 Å². The maximum atomic E-state index is 13.5. The Hall–Kier alpha value is -1.25. The van der Waals surface area contributed by atoms with Crippen molar-refractivity contribution in [3.63, 3.8) is 0 Å². The molecule has 4 N–H and O–H groups in total. The Bertz CT molecular complexity index is 576. The second kappa shape index (κ2) is 6.47. The first-order chi connectivity index (χ1) is 9.13. The Morgan fingerprint density at radius 1 is 1.35 bits per heavy atom. The van der Waals surface area contributed by atoms with E-state index in [0.717, 1.165) is 6.07 Å². The van der Waals surface area contributed by atoms with Crippen LogP contribution in [0.25, 0.3) is 0 Å². The van der Waals surface area contributed by atoms with Crippen LogP contribution in [0.15, 0.2) is 17.0 Å². The Morgan fingerprint density at radius 2 is 1.95 bits per heavy atom. The molecule has 0 aliphatic rings. The monoisotopic (exact) mass is 308 g/mol. The van der Waals surface area contributed by atoms with Gasteiger partial charge in [0, 0.05) is 12.2 Å². The minimum Gasteiger partial charge on any atom is -0.399 e. The minimum absolute atomic E-state index is 0.177. The van der Waals surface area contributed by atoms with Crippen molar-refractivity contribution < 1.29 is 22.3 Å². The van der Waals surface area contributed by atoms with E-state index >= 15 is 0 Å². The van der Waals surface area contributed by atoms with E-state index in [1.54, 1.807) is 0 Å². The van der Waals surface area contributed by atoms with Crippen molar-refractivity contribution in [3.8, 4) is 0 Å². The van der Waals surface area contributed by atoms with Crippen LogP contribution in [0.3, 0.4) is 0 Å². The van der Waals surface area contributed by atoms with E-state index < -0.39 is 32.7 Å². The molecule has 1 atom stereocenters. The lowest BCUT2D eigenvalue weighted by Crippen LogP contribution is -2.33. The van der Waals surface area contributed by atoms with Crippen LogP contribution in [-0.4, -0.2) is 26.2 Å². The van der Waals surface area contributed by atoms with Gasteiger partial charge in [0.1, 0.15) is 4.90 Å². The average molecular weight is 308 g/mol. The Morgan fingerprint density at radius 3 is 2.50 bits per heavy atom. The summed E-state index contributed by atoms with van der Waals surface area (Å²) in [5, 5.41) is 9.59. The van der Waals surface area contributed by atoms with Crippen molar-refractivity contribution in [2.45, 2.75) is 31.3 Å². The predicted molar refractivity (Wildman–Crippen MR) is 71.4 cm³/mol. The van der Waals surface area contributed by atoms with E-state index in [0.29, 0.717) is 12.5 Å². The molecule has 0 fully saturated rings. The zero-order chi connectivity index (χ0) is 15.5. The van der Waals surface area contributed by atoms with Gasteiger partial charge in [-0.15, -0.1) is 0 Å². The highest BCUT2D eigenvalue weighted by Gasteiger charge is 2.23. The largest absolute Gasteiger partial charge is 0.399 e. The molecule has 0 bridgehead atoms. The molecule has 0 saturated heterocycles. The number of benzene rings is 1. The van der Waals surface area contributed by atoms with Gasteiger partial charge < -0.3 is 10.8 Å². The molecule has 0 aliphatic heterocycles. The van der Waals surface area contributed by atoms with Crippen molar-refractivity contribution >= 4 is 15.7 Å². The fourth-order valence-electron chi connectivity index (χ4n) is 1.69. The van der Waals surface area contributed by atoms with Gasteiger partial charge in [0.2, 0.25) is 10.0 Å². The topological polar surface area (TPSA) is 92.4 Å². The fourth-order valence-corrected chi connectivity index (χ4v) is 2.88. The van der Waals surface area contributed by atoms with Gasteiger partial charge in [-0.25, -0.2) is 21.9 Å². The molecular weight excluding hydrogens is 290 g/mol. The number of anilines is 1. The number of nitrogen functional groups attached to an aromatic ring is 1. The predicted octanol–water partition coefficient (Wildman–Crippen LogP) is 1.23. The zero-order valence-electron chi connectivity index (χ0n) is 11.2. The third kappa shape index (κ3) is 4.39. The summed E-state index contributed by atoms with van der Waals surface area (Å²) < 4.78 is 52.4. The van der Waals surface area contributed by atoms with Crippen LogP contribution >= 0.6 is 0 Å². The SMILES string of the molecule is CC(C)CC(O)CNS(=O)(=O)c1cc(N)cc(F)c1F. The molecule has 0 aromatic heterocycles. The van der Waals surface area contributed by atoms with Gasteiger partial charge in [-0.2, -0.15) is 0 Å². The second-order valence-corrected chi connectivity index (χ2v) is 6.69. The first kappa shape index (κ1) is 16.8. The van der Waals surface area contributed by atoms with Crippen molar-refractivity contribution in [1.29, 1.82) is 0 Å². The van der Waals surface area contributed by atoms with Crippen LogP contribution in [0.4, 0.5) is 14.5 Å². The number of aliphatic hydroxyl groups excluding tert-OH is 1. The van der Waals surface area contributed by atoms with Gasteiger partial charge >= 0.3 is 0 Å². The van der Waals surface area contributed by atoms with Crippen LogP contribution in [-0.2, 0) is 10.0 Å². The van der Waals surface area contributed by atoms with Gasteiger partial charge in [0.25, 0.3) is 0 Å². The summed E-state index contributed by atoms with van der Waals surface area (Å²) in [6.07, 6.45) is -0.519. The molecule has 0 saturated carbocycles. The molecule has 1 aromatic rings. The molecule has 0 amide bonds. The first-order valence-electron chi connectivity index (χ1n) is 6.05. The third-order valence-electron chi connectivity index (χ3n) is 2.56. The number of sulfonamides is 1. The highest BCUT2D eigenvalue weighted by Crippen LogP contribution is 2.21. The number of nitrogens with two attached hydrogens (primary N) is 1. The number of hydrogen-bond acceptors (Lipinski definition) is 4. The smallest absolute Gasteiger partial charge is 0.243 e. The van der Waals surface area contributed by atoms with E-state index in [1.807, 2.05) is 18.6 Å². The Kier molecular flexibility index (Phi) is 5.43. The van der Waals surface area contributed by atoms with Gasteiger partial charge in [0.05, 0.1) is 6.10 Å². The summed E-state index contributed by atoms with van der Waals surface area (Å²) in [5.74, 6) is -2.66.